The van der Waals surface area contributed by atoms with Gasteiger partial charge in [0.15, 0.2) is 6.29 Å². The van der Waals surface area contributed by atoms with Crippen molar-refractivity contribution in [1.29, 1.82) is 0 Å². The van der Waals surface area contributed by atoms with Gasteiger partial charge in [0, 0.05) is 16.9 Å². The van der Waals surface area contributed by atoms with E-state index in [1.54, 1.807) is 18.2 Å². The molecule has 1 aromatic carbocycles. The molecule has 3 nitrogen and oxygen atoms in total. The van der Waals surface area contributed by atoms with E-state index >= 15 is 0 Å². The number of para-hydroxylation sites is 1. The number of aliphatic hydroxyl groups excluding tert-OH is 1. The number of nitrogens with one attached hydrogen (secondary N) is 1. The zero-order chi connectivity index (χ0) is 10.6. The highest BCUT2D eigenvalue weighted by Crippen LogP contribution is 2.22. The Hall–Kier alpha value is -1.32. The Morgan fingerprint density at radius 3 is 2.64 bits per heavy atom. The van der Waals surface area contributed by atoms with Crippen molar-refractivity contribution in [2.24, 2.45) is 0 Å². The van der Waals surface area contributed by atoms with Gasteiger partial charge in [-0.15, -0.1) is 0 Å². The summed E-state index contributed by atoms with van der Waals surface area (Å²) in [6.45, 7) is 5.77. The van der Waals surface area contributed by atoms with Crippen molar-refractivity contribution >= 4 is 5.69 Å². The van der Waals surface area contributed by atoms with Gasteiger partial charge in [-0.05, 0) is 12.5 Å². The van der Waals surface area contributed by atoms with Crippen LogP contribution in [-0.2, 0) is 0 Å². The Balaban J connectivity index is 2.90. The summed E-state index contributed by atoms with van der Waals surface area (Å²) in [6.07, 6.45) is -0.654. The highest BCUT2D eigenvalue weighted by atomic mass is 16.5. The predicted octanol–water partition coefficient (Wildman–Crippen LogP) is 2.01. The van der Waals surface area contributed by atoms with E-state index in [2.05, 4.69) is 11.9 Å². The molecule has 0 atom stereocenters. The van der Waals surface area contributed by atoms with Gasteiger partial charge in [-0.25, -0.2) is 0 Å². The molecule has 0 saturated heterocycles. The molecular formula is C11H15NO2. The largest absolute Gasteiger partial charge is 0.364 e. The molecule has 0 saturated carbocycles. The van der Waals surface area contributed by atoms with Crippen LogP contribution in [0.15, 0.2) is 36.5 Å². The van der Waals surface area contributed by atoms with E-state index in [1.165, 1.54) is 0 Å². The number of hydrogen-bond acceptors (Lipinski definition) is 3. The standard InChI is InChI=1S/C11H15NO2/c1-3-8(2)12-10-7-5-4-6-9(10)11(13)14/h4-7,11-14H,2-3H2,1H3. The third kappa shape index (κ3) is 2.58. The van der Waals surface area contributed by atoms with Crippen molar-refractivity contribution in [1.82, 2.24) is 0 Å². The number of anilines is 1. The van der Waals surface area contributed by atoms with Gasteiger partial charge >= 0.3 is 0 Å². The first kappa shape index (κ1) is 10.8. The fourth-order valence-corrected chi connectivity index (χ4v) is 1.11. The molecule has 1 rings (SSSR count). The van der Waals surface area contributed by atoms with Crippen molar-refractivity contribution in [2.75, 3.05) is 5.32 Å². The highest BCUT2D eigenvalue weighted by Gasteiger charge is 2.07. The first-order chi connectivity index (χ1) is 6.65. The summed E-state index contributed by atoms with van der Waals surface area (Å²) in [6, 6.07) is 7.04. The first-order valence-electron chi connectivity index (χ1n) is 4.55. The lowest BCUT2D eigenvalue weighted by atomic mass is 10.1. The molecule has 0 bridgehead atoms. The van der Waals surface area contributed by atoms with Gasteiger partial charge in [0.05, 0.1) is 0 Å². The van der Waals surface area contributed by atoms with Crippen molar-refractivity contribution in [3.8, 4) is 0 Å². The van der Waals surface area contributed by atoms with Crippen LogP contribution in [0.4, 0.5) is 5.69 Å². The molecule has 0 spiro atoms. The van der Waals surface area contributed by atoms with Crippen LogP contribution < -0.4 is 5.32 Å². The van der Waals surface area contributed by atoms with Crippen molar-refractivity contribution < 1.29 is 10.2 Å². The zero-order valence-corrected chi connectivity index (χ0v) is 8.20. The minimum atomic E-state index is -1.46. The summed E-state index contributed by atoms with van der Waals surface area (Å²) in [5, 5.41) is 21.2. The van der Waals surface area contributed by atoms with Crippen molar-refractivity contribution in [3.63, 3.8) is 0 Å². The summed E-state index contributed by atoms with van der Waals surface area (Å²) in [4.78, 5) is 0. The molecule has 0 aliphatic heterocycles. The van der Waals surface area contributed by atoms with Crippen LogP contribution in [0.1, 0.15) is 25.2 Å². The Morgan fingerprint density at radius 2 is 2.07 bits per heavy atom. The van der Waals surface area contributed by atoms with Gasteiger partial charge in [0.25, 0.3) is 0 Å². The number of hydrogen-bond donors (Lipinski definition) is 3. The van der Waals surface area contributed by atoms with Crippen molar-refractivity contribution in [3.05, 3.63) is 42.1 Å². The maximum atomic E-state index is 9.08. The minimum absolute atomic E-state index is 0.460. The minimum Gasteiger partial charge on any atom is -0.364 e. The van der Waals surface area contributed by atoms with Crippen LogP contribution in [0.5, 0.6) is 0 Å². The fraction of sp³-hybridized carbons (Fsp3) is 0.273. The van der Waals surface area contributed by atoms with Crippen molar-refractivity contribution in [2.45, 2.75) is 19.6 Å². The average Bonchev–Trinajstić information content (AvgIpc) is 2.18. The smallest absolute Gasteiger partial charge is 0.180 e. The Kier molecular flexibility index (Phi) is 3.68. The molecule has 0 aliphatic carbocycles. The van der Waals surface area contributed by atoms with E-state index < -0.39 is 6.29 Å². The van der Waals surface area contributed by atoms with Crippen LogP contribution in [0.2, 0.25) is 0 Å². The molecule has 0 amide bonds. The maximum absolute atomic E-state index is 9.08. The fourth-order valence-electron chi connectivity index (χ4n) is 1.11. The predicted molar refractivity (Wildman–Crippen MR) is 56.7 cm³/mol. The molecule has 3 heteroatoms. The van der Waals surface area contributed by atoms with E-state index in [0.29, 0.717) is 11.3 Å². The topological polar surface area (TPSA) is 52.5 Å². The number of allylic oxidation sites excluding steroid dienone is 1. The summed E-state index contributed by atoms with van der Waals surface area (Å²) in [5.41, 5.74) is 1.99. The molecule has 3 N–H and O–H groups in total. The van der Waals surface area contributed by atoms with Crippen LogP contribution in [0, 0.1) is 0 Å². The Morgan fingerprint density at radius 1 is 1.43 bits per heavy atom. The molecule has 0 radical (unpaired) electrons. The van der Waals surface area contributed by atoms with Crippen LogP contribution in [0.25, 0.3) is 0 Å². The molecule has 76 valence electrons. The molecule has 0 fully saturated rings. The molecule has 0 aromatic heterocycles. The van der Waals surface area contributed by atoms with Crippen LogP contribution in [0.3, 0.4) is 0 Å². The zero-order valence-electron chi connectivity index (χ0n) is 8.20. The number of benzene rings is 1. The summed E-state index contributed by atoms with van der Waals surface area (Å²) in [5.74, 6) is 0. The van der Waals surface area contributed by atoms with Gasteiger partial charge in [0.2, 0.25) is 0 Å². The molecule has 14 heavy (non-hydrogen) atoms. The number of aliphatic hydroxyl groups is 2. The van der Waals surface area contributed by atoms with Gasteiger partial charge in [-0.3, -0.25) is 0 Å². The van der Waals surface area contributed by atoms with E-state index in [0.717, 1.165) is 12.1 Å². The lowest BCUT2D eigenvalue weighted by molar-refractivity contribution is -0.0419. The monoisotopic (exact) mass is 193 g/mol. The van der Waals surface area contributed by atoms with E-state index in [-0.39, 0.29) is 0 Å². The summed E-state index contributed by atoms with van der Waals surface area (Å²) < 4.78 is 0. The Bertz CT molecular complexity index is 321. The number of rotatable bonds is 4. The SMILES string of the molecule is C=C(CC)Nc1ccccc1C(O)O. The third-order valence-corrected chi connectivity index (χ3v) is 1.98. The Labute approximate surface area is 83.7 Å². The van der Waals surface area contributed by atoms with E-state index in [1.807, 2.05) is 13.0 Å². The third-order valence-electron chi connectivity index (χ3n) is 1.98. The van der Waals surface area contributed by atoms with Gasteiger partial charge in [-0.2, -0.15) is 0 Å². The quantitative estimate of drug-likeness (QED) is 0.641. The van der Waals surface area contributed by atoms with Crippen LogP contribution >= 0.6 is 0 Å². The van der Waals surface area contributed by atoms with Gasteiger partial charge in [0.1, 0.15) is 0 Å². The molecule has 0 aliphatic rings. The van der Waals surface area contributed by atoms with E-state index in [4.69, 9.17) is 10.2 Å². The summed E-state index contributed by atoms with van der Waals surface area (Å²) in [7, 11) is 0. The second-order valence-corrected chi connectivity index (χ2v) is 3.04. The highest BCUT2D eigenvalue weighted by molar-refractivity contribution is 5.54. The van der Waals surface area contributed by atoms with Gasteiger partial charge in [-0.1, -0.05) is 31.7 Å². The second kappa shape index (κ2) is 4.79. The molecule has 1 aromatic rings. The summed E-state index contributed by atoms with van der Waals surface area (Å²) >= 11 is 0. The first-order valence-corrected chi connectivity index (χ1v) is 4.55. The molecule has 0 heterocycles. The lowest BCUT2D eigenvalue weighted by Crippen LogP contribution is -2.03. The molecule has 0 unspecified atom stereocenters. The van der Waals surface area contributed by atoms with Gasteiger partial charge < -0.3 is 15.5 Å². The van der Waals surface area contributed by atoms with Crippen LogP contribution in [-0.4, -0.2) is 10.2 Å². The average molecular weight is 193 g/mol. The maximum Gasteiger partial charge on any atom is 0.180 e. The molecular weight excluding hydrogens is 178 g/mol. The lowest BCUT2D eigenvalue weighted by Gasteiger charge is -2.13. The normalized spacial score (nSPS) is 10.3. The second-order valence-electron chi connectivity index (χ2n) is 3.04. The van der Waals surface area contributed by atoms with E-state index in [9.17, 15) is 0 Å².